The number of hydrogen-bond donors (Lipinski definition) is 1. The highest BCUT2D eigenvalue weighted by atomic mass is 16.5. The third-order valence-corrected chi connectivity index (χ3v) is 4.10. The zero-order valence-corrected chi connectivity index (χ0v) is 12.8. The van der Waals surface area contributed by atoms with Crippen LogP contribution in [0.5, 0.6) is 0 Å². The van der Waals surface area contributed by atoms with Gasteiger partial charge in [0.25, 0.3) is 0 Å². The molecule has 5 heteroatoms. The molecule has 0 bridgehead atoms. The van der Waals surface area contributed by atoms with E-state index in [1.807, 2.05) is 6.92 Å². The number of hydrogen-bond acceptors (Lipinski definition) is 3. The van der Waals surface area contributed by atoms with Crippen LogP contribution in [0.4, 0.5) is 0 Å². The maximum atomic E-state index is 12.1. The molecule has 1 rings (SSSR count). The minimum Gasteiger partial charge on any atom is -0.481 e. The molecule has 3 atom stereocenters. The first-order chi connectivity index (χ1) is 9.45. The highest BCUT2D eigenvalue weighted by Gasteiger charge is 2.24. The standard InChI is InChI=1S/C15H27NO4/c1-4-16(9-12(3)15(18)19)14(17)10-20-13-8-6-5-7-11(13)2/h11-13H,4-10H2,1-3H3,(H,18,19). The predicted molar refractivity (Wildman–Crippen MR) is 76.4 cm³/mol. The number of carboxylic acids is 1. The van der Waals surface area contributed by atoms with Gasteiger partial charge in [0.15, 0.2) is 0 Å². The smallest absolute Gasteiger partial charge is 0.308 e. The van der Waals surface area contributed by atoms with Crippen LogP contribution in [-0.2, 0) is 14.3 Å². The van der Waals surface area contributed by atoms with Gasteiger partial charge in [0.05, 0.1) is 12.0 Å². The SMILES string of the molecule is CCN(CC(C)C(=O)O)C(=O)COC1CCCCC1C. The van der Waals surface area contributed by atoms with Crippen molar-refractivity contribution in [3.8, 4) is 0 Å². The zero-order valence-electron chi connectivity index (χ0n) is 12.8. The van der Waals surface area contributed by atoms with Crippen LogP contribution in [0.2, 0.25) is 0 Å². The Morgan fingerprint density at radius 3 is 2.55 bits per heavy atom. The summed E-state index contributed by atoms with van der Waals surface area (Å²) in [6.45, 7) is 6.46. The van der Waals surface area contributed by atoms with Gasteiger partial charge < -0.3 is 14.7 Å². The number of carbonyl (C=O) groups excluding carboxylic acids is 1. The van der Waals surface area contributed by atoms with Crippen LogP contribution in [0.1, 0.15) is 46.5 Å². The fourth-order valence-electron chi connectivity index (χ4n) is 2.62. The van der Waals surface area contributed by atoms with E-state index in [1.54, 1.807) is 11.8 Å². The largest absolute Gasteiger partial charge is 0.481 e. The molecule has 1 aliphatic carbocycles. The lowest BCUT2D eigenvalue weighted by Crippen LogP contribution is -2.40. The number of likely N-dealkylation sites (N-methyl/N-ethyl adjacent to an activating group) is 1. The summed E-state index contributed by atoms with van der Waals surface area (Å²) in [6.07, 6.45) is 4.75. The zero-order chi connectivity index (χ0) is 15.1. The van der Waals surface area contributed by atoms with Crippen molar-refractivity contribution >= 4 is 11.9 Å². The maximum absolute atomic E-state index is 12.1. The van der Waals surface area contributed by atoms with Crippen molar-refractivity contribution in [2.24, 2.45) is 11.8 Å². The first-order valence-corrected chi connectivity index (χ1v) is 7.57. The molecule has 0 aliphatic heterocycles. The second kappa shape index (κ2) is 8.25. The molecule has 0 aromatic carbocycles. The van der Waals surface area contributed by atoms with E-state index in [0.717, 1.165) is 19.3 Å². The van der Waals surface area contributed by atoms with Gasteiger partial charge in [-0.1, -0.05) is 26.7 Å². The van der Waals surface area contributed by atoms with Crippen LogP contribution >= 0.6 is 0 Å². The quantitative estimate of drug-likeness (QED) is 0.778. The second-order valence-electron chi connectivity index (χ2n) is 5.78. The van der Waals surface area contributed by atoms with Crippen molar-refractivity contribution in [3.63, 3.8) is 0 Å². The number of carboxylic acid groups (broad SMARTS) is 1. The first kappa shape index (κ1) is 17.0. The predicted octanol–water partition coefficient (Wildman–Crippen LogP) is 2.15. The van der Waals surface area contributed by atoms with Crippen LogP contribution in [0.25, 0.3) is 0 Å². The molecular weight excluding hydrogens is 258 g/mol. The summed E-state index contributed by atoms with van der Waals surface area (Å²) in [4.78, 5) is 24.5. The molecule has 0 saturated heterocycles. The number of carbonyl (C=O) groups is 2. The van der Waals surface area contributed by atoms with Crippen molar-refractivity contribution < 1.29 is 19.4 Å². The minimum absolute atomic E-state index is 0.0647. The summed E-state index contributed by atoms with van der Waals surface area (Å²) in [5.41, 5.74) is 0. The van der Waals surface area contributed by atoms with E-state index in [0.29, 0.717) is 12.5 Å². The second-order valence-corrected chi connectivity index (χ2v) is 5.78. The van der Waals surface area contributed by atoms with Gasteiger partial charge in [-0.15, -0.1) is 0 Å². The van der Waals surface area contributed by atoms with E-state index < -0.39 is 11.9 Å². The highest BCUT2D eigenvalue weighted by molar-refractivity contribution is 5.78. The Morgan fingerprint density at radius 2 is 2.00 bits per heavy atom. The molecule has 1 N–H and O–H groups in total. The van der Waals surface area contributed by atoms with Crippen LogP contribution in [0.3, 0.4) is 0 Å². The molecule has 0 heterocycles. The summed E-state index contributed by atoms with van der Waals surface area (Å²) in [7, 11) is 0. The number of nitrogens with zero attached hydrogens (tertiary/aromatic N) is 1. The molecule has 3 unspecified atom stereocenters. The summed E-state index contributed by atoms with van der Waals surface area (Å²) >= 11 is 0. The lowest BCUT2D eigenvalue weighted by molar-refractivity contribution is -0.145. The van der Waals surface area contributed by atoms with Crippen LogP contribution < -0.4 is 0 Å². The Kier molecular flexibility index (Phi) is 6.99. The van der Waals surface area contributed by atoms with E-state index in [4.69, 9.17) is 9.84 Å². The number of amides is 1. The molecule has 0 radical (unpaired) electrons. The van der Waals surface area contributed by atoms with Crippen LogP contribution in [0.15, 0.2) is 0 Å². The lowest BCUT2D eigenvalue weighted by Gasteiger charge is -2.30. The highest BCUT2D eigenvalue weighted by Crippen LogP contribution is 2.26. The van der Waals surface area contributed by atoms with E-state index in [9.17, 15) is 9.59 Å². The monoisotopic (exact) mass is 285 g/mol. The average molecular weight is 285 g/mol. The Bertz CT molecular complexity index is 332. The van der Waals surface area contributed by atoms with Crippen molar-refractivity contribution in [1.29, 1.82) is 0 Å². The summed E-state index contributed by atoms with van der Waals surface area (Å²) in [5.74, 6) is -1.03. The lowest BCUT2D eigenvalue weighted by atomic mass is 9.88. The average Bonchev–Trinajstić information content (AvgIpc) is 2.43. The van der Waals surface area contributed by atoms with Gasteiger partial charge in [-0.25, -0.2) is 0 Å². The van der Waals surface area contributed by atoms with Gasteiger partial charge in [0.2, 0.25) is 5.91 Å². The summed E-state index contributed by atoms with van der Waals surface area (Å²) in [6, 6.07) is 0. The Hall–Kier alpha value is -1.10. The van der Waals surface area contributed by atoms with Gasteiger partial charge in [-0.2, -0.15) is 0 Å². The molecule has 1 aliphatic rings. The molecule has 20 heavy (non-hydrogen) atoms. The summed E-state index contributed by atoms with van der Waals surface area (Å²) in [5, 5.41) is 8.91. The Balaban J connectivity index is 2.40. The number of ether oxygens (including phenoxy) is 1. The molecule has 116 valence electrons. The van der Waals surface area contributed by atoms with Gasteiger partial charge >= 0.3 is 5.97 Å². The Morgan fingerprint density at radius 1 is 1.35 bits per heavy atom. The number of rotatable bonds is 7. The van der Waals surface area contributed by atoms with E-state index >= 15 is 0 Å². The van der Waals surface area contributed by atoms with Crippen LogP contribution in [-0.4, -0.2) is 47.7 Å². The van der Waals surface area contributed by atoms with E-state index in [2.05, 4.69) is 6.92 Å². The molecule has 5 nitrogen and oxygen atoms in total. The molecule has 1 amide bonds. The van der Waals surface area contributed by atoms with Gasteiger partial charge in [-0.05, 0) is 25.7 Å². The third-order valence-electron chi connectivity index (χ3n) is 4.10. The van der Waals surface area contributed by atoms with Crippen LogP contribution in [0, 0.1) is 11.8 Å². The van der Waals surface area contributed by atoms with E-state index in [-0.39, 0.29) is 25.2 Å². The molecular formula is C15H27NO4. The molecule has 1 fully saturated rings. The fraction of sp³-hybridized carbons (Fsp3) is 0.867. The van der Waals surface area contributed by atoms with Gasteiger partial charge in [0, 0.05) is 13.1 Å². The Labute approximate surface area is 121 Å². The number of aliphatic carboxylic acids is 1. The third kappa shape index (κ3) is 5.12. The first-order valence-electron chi connectivity index (χ1n) is 7.57. The fourth-order valence-corrected chi connectivity index (χ4v) is 2.62. The van der Waals surface area contributed by atoms with Gasteiger partial charge in [0.1, 0.15) is 6.61 Å². The van der Waals surface area contributed by atoms with E-state index in [1.165, 1.54) is 6.42 Å². The van der Waals surface area contributed by atoms with Crippen molar-refractivity contribution in [2.75, 3.05) is 19.7 Å². The molecule has 1 saturated carbocycles. The van der Waals surface area contributed by atoms with Gasteiger partial charge in [-0.3, -0.25) is 9.59 Å². The van der Waals surface area contributed by atoms with Crippen molar-refractivity contribution in [2.45, 2.75) is 52.6 Å². The topological polar surface area (TPSA) is 66.8 Å². The maximum Gasteiger partial charge on any atom is 0.308 e. The normalized spacial score (nSPS) is 24.1. The molecule has 0 aromatic rings. The summed E-state index contributed by atoms with van der Waals surface area (Å²) < 4.78 is 5.74. The molecule has 0 spiro atoms. The molecule has 0 aromatic heterocycles. The van der Waals surface area contributed by atoms with Crippen molar-refractivity contribution in [3.05, 3.63) is 0 Å². The van der Waals surface area contributed by atoms with Crippen molar-refractivity contribution in [1.82, 2.24) is 4.90 Å². The minimum atomic E-state index is -0.877.